The minimum Gasteiger partial charge on any atom is -0.507 e. The van der Waals surface area contributed by atoms with Crippen LogP contribution in [0.25, 0.3) is 10.8 Å². The third kappa shape index (κ3) is 1.88. The molecule has 0 heterocycles. The van der Waals surface area contributed by atoms with Crippen molar-refractivity contribution in [2.24, 2.45) is 0 Å². The Morgan fingerprint density at radius 2 is 1.96 bits per heavy atom. The van der Waals surface area contributed by atoms with Gasteiger partial charge in [-0.05, 0) is 30.7 Å². The van der Waals surface area contributed by atoms with Crippen LogP contribution in [0.5, 0.6) is 5.75 Å². The highest BCUT2D eigenvalue weighted by molar-refractivity contribution is 6.30. The van der Waals surface area contributed by atoms with Gasteiger partial charge in [-0.3, -0.25) is 9.59 Å². The molecule has 0 fully saturated rings. The molecule has 23 heavy (non-hydrogen) atoms. The van der Waals surface area contributed by atoms with Gasteiger partial charge < -0.3 is 9.84 Å². The van der Waals surface area contributed by atoms with E-state index in [9.17, 15) is 14.7 Å². The molecule has 1 N–H and O–H groups in total. The number of benzene rings is 2. The highest BCUT2D eigenvalue weighted by Gasteiger charge is 2.40. The lowest BCUT2D eigenvalue weighted by Crippen LogP contribution is -2.32. The number of ether oxygens (including phenoxy) is 1. The molecule has 0 saturated heterocycles. The Labute approximate surface area is 133 Å². The number of phenolic OH excluding ortho intramolecular Hbond substituents is 1. The van der Waals surface area contributed by atoms with Gasteiger partial charge >= 0.3 is 0 Å². The van der Waals surface area contributed by atoms with Crippen LogP contribution in [0.3, 0.4) is 0 Å². The van der Waals surface area contributed by atoms with Crippen molar-refractivity contribution in [2.45, 2.75) is 25.4 Å². The maximum absolute atomic E-state index is 13.0. The van der Waals surface area contributed by atoms with E-state index in [-0.39, 0.29) is 29.0 Å². The summed E-state index contributed by atoms with van der Waals surface area (Å²) in [6.45, 7) is 0. The van der Waals surface area contributed by atoms with E-state index in [1.807, 2.05) is 12.1 Å². The van der Waals surface area contributed by atoms with E-state index in [4.69, 9.17) is 4.74 Å². The van der Waals surface area contributed by atoms with Gasteiger partial charge in [0.15, 0.2) is 11.6 Å². The second kappa shape index (κ2) is 5.03. The van der Waals surface area contributed by atoms with Crippen molar-refractivity contribution in [2.75, 3.05) is 7.11 Å². The topological polar surface area (TPSA) is 63.6 Å². The summed E-state index contributed by atoms with van der Waals surface area (Å²) >= 11 is 0. The summed E-state index contributed by atoms with van der Waals surface area (Å²) in [5, 5.41) is 11.9. The summed E-state index contributed by atoms with van der Waals surface area (Å²) in [7, 11) is 1.55. The zero-order valence-electron chi connectivity index (χ0n) is 12.8. The highest BCUT2D eigenvalue weighted by Crippen LogP contribution is 2.42. The molecule has 2 aliphatic carbocycles. The molecule has 4 nitrogen and oxygen atoms in total. The summed E-state index contributed by atoms with van der Waals surface area (Å²) in [6.07, 6.45) is 1.77. The molecule has 116 valence electrons. The van der Waals surface area contributed by atoms with Gasteiger partial charge in [0.2, 0.25) is 0 Å². The Morgan fingerprint density at radius 1 is 1.17 bits per heavy atom. The minimum atomic E-state index is -0.366. The first-order chi connectivity index (χ1) is 11.1. The van der Waals surface area contributed by atoms with Crippen LogP contribution >= 0.6 is 0 Å². The van der Waals surface area contributed by atoms with Crippen LogP contribution in [0.1, 0.15) is 40.0 Å². The van der Waals surface area contributed by atoms with Gasteiger partial charge in [0.1, 0.15) is 5.75 Å². The minimum absolute atomic E-state index is 0.108. The number of ketones is 2. The third-order valence-electron chi connectivity index (χ3n) is 4.84. The molecule has 0 aromatic heterocycles. The Hall–Kier alpha value is -2.46. The van der Waals surface area contributed by atoms with E-state index in [1.54, 1.807) is 25.3 Å². The van der Waals surface area contributed by atoms with Crippen molar-refractivity contribution in [3.8, 4) is 5.75 Å². The molecule has 0 aliphatic heterocycles. The SMILES string of the molecule is COC1CCCC2=C1C(=O)c1c(cc3ccccc3c1O)C2=O. The smallest absolute Gasteiger partial charge is 0.196 e. The monoisotopic (exact) mass is 308 g/mol. The quantitative estimate of drug-likeness (QED) is 0.876. The van der Waals surface area contributed by atoms with Gasteiger partial charge in [0, 0.05) is 29.2 Å². The number of Topliss-reactive ketones (excluding diaryl/α,β-unsaturated/α-hetero) is 2. The Bertz CT molecular complexity index is 892. The lowest BCUT2D eigenvalue weighted by atomic mass is 9.75. The second-order valence-electron chi connectivity index (χ2n) is 6.04. The van der Waals surface area contributed by atoms with Crippen LogP contribution in [0.4, 0.5) is 0 Å². The zero-order valence-corrected chi connectivity index (χ0v) is 12.8. The number of carbonyl (C=O) groups excluding carboxylic acids is 2. The number of hydrogen-bond acceptors (Lipinski definition) is 4. The van der Waals surface area contributed by atoms with Crippen LogP contribution in [-0.4, -0.2) is 29.9 Å². The summed E-state index contributed by atoms with van der Waals surface area (Å²) in [5.41, 5.74) is 1.41. The molecule has 0 amide bonds. The number of phenols is 1. The lowest BCUT2D eigenvalue weighted by molar-refractivity contribution is 0.0827. The summed E-state index contributed by atoms with van der Waals surface area (Å²) in [4.78, 5) is 25.9. The number of rotatable bonds is 1. The van der Waals surface area contributed by atoms with E-state index in [1.165, 1.54) is 0 Å². The van der Waals surface area contributed by atoms with Gasteiger partial charge in [-0.1, -0.05) is 24.3 Å². The maximum Gasteiger partial charge on any atom is 0.196 e. The van der Waals surface area contributed by atoms with E-state index in [2.05, 4.69) is 0 Å². The van der Waals surface area contributed by atoms with Crippen molar-refractivity contribution in [3.63, 3.8) is 0 Å². The number of carbonyl (C=O) groups is 2. The van der Waals surface area contributed by atoms with Gasteiger partial charge in [-0.25, -0.2) is 0 Å². The van der Waals surface area contributed by atoms with E-state index < -0.39 is 0 Å². The zero-order chi connectivity index (χ0) is 16.1. The predicted octanol–water partition coefficient (Wildman–Crippen LogP) is 3.42. The van der Waals surface area contributed by atoms with Crippen LogP contribution in [0.15, 0.2) is 41.5 Å². The predicted molar refractivity (Wildman–Crippen MR) is 85.9 cm³/mol. The molecular weight excluding hydrogens is 292 g/mol. The Balaban J connectivity index is 2.03. The van der Waals surface area contributed by atoms with Crippen LogP contribution in [-0.2, 0) is 4.74 Å². The Kier molecular flexibility index (Phi) is 3.10. The molecule has 1 unspecified atom stereocenters. The van der Waals surface area contributed by atoms with Crippen molar-refractivity contribution in [3.05, 3.63) is 52.6 Å². The first-order valence-corrected chi connectivity index (χ1v) is 7.73. The largest absolute Gasteiger partial charge is 0.507 e. The summed E-state index contributed by atoms with van der Waals surface area (Å²) in [6, 6.07) is 8.93. The van der Waals surface area contributed by atoms with Crippen molar-refractivity contribution in [1.29, 1.82) is 0 Å². The fourth-order valence-electron chi connectivity index (χ4n) is 3.73. The number of methoxy groups -OCH3 is 1. The van der Waals surface area contributed by atoms with E-state index in [0.29, 0.717) is 28.5 Å². The van der Waals surface area contributed by atoms with Crippen LogP contribution in [0, 0.1) is 0 Å². The fraction of sp³-hybridized carbons (Fsp3) is 0.263. The first-order valence-electron chi connectivity index (χ1n) is 7.73. The molecule has 0 spiro atoms. The van der Waals surface area contributed by atoms with Gasteiger partial charge in [-0.2, -0.15) is 0 Å². The molecule has 0 bridgehead atoms. The highest BCUT2D eigenvalue weighted by atomic mass is 16.5. The molecule has 2 aromatic carbocycles. The van der Waals surface area contributed by atoms with Crippen molar-refractivity contribution < 1.29 is 19.4 Å². The third-order valence-corrected chi connectivity index (χ3v) is 4.84. The Morgan fingerprint density at radius 3 is 2.74 bits per heavy atom. The summed E-state index contributed by atoms with van der Waals surface area (Å²) in [5.74, 6) is -0.537. The summed E-state index contributed by atoms with van der Waals surface area (Å²) < 4.78 is 5.41. The molecule has 2 aliphatic rings. The first kappa shape index (κ1) is 14.2. The standard InChI is InChI=1S/C19H16O4/c1-23-14-8-4-7-12-15(14)19(22)16-13(17(12)20)9-10-5-2-3-6-11(10)18(16)21/h2-3,5-6,9,14,21H,4,7-8H2,1H3. The molecule has 0 saturated carbocycles. The molecule has 4 heteroatoms. The average molecular weight is 308 g/mol. The number of fused-ring (bicyclic) bond motifs is 2. The van der Waals surface area contributed by atoms with Gasteiger partial charge in [-0.15, -0.1) is 0 Å². The van der Waals surface area contributed by atoms with Gasteiger partial charge in [0.05, 0.1) is 11.7 Å². The molecule has 4 rings (SSSR count). The van der Waals surface area contributed by atoms with Crippen LogP contribution < -0.4 is 0 Å². The number of aromatic hydroxyl groups is 1. The van der Waals surface area contributed by atoms with Gasteiger partial charge in [0.25, 0.3) is 0 Å². The molecule has 0 radical (unpaired) electrons. The van der Waals surface area contributed by atoms with Crippen molar-refractivity contribution >= 4 is 22.3 Å². The normalized spacial score (nSPS) is 20.7. The molecular formula is C19H16O4. The molecule has 2 aromatic rings. The lowest BCUT2D eigenvalue weighted by Gasteiger charge is -2.30. The average Bonchev–Trinajstić information content (AvgIpc) is 2.59. The number of hydrogen-bond donors (Lipinski definition) is 1. The second-order valence-corrected chi connectivity index (χ2v) is 6.04. The van der Waals surface area contributed by atoms with Crippen LogP contribution in [0.2, 0.25) is 0 Å². The number of allylic oxidation sites excluding steroid dienone is 1. The van der Waals surface area contributed by atoms with Crippen molar-refractivity contribution in [1.82, 2.24) is 0 Å². The molecule has 1 atom stereocenters. The maximum atomic E-state index is 13.0. The fourth-order valence-corrected chi connectivity index (χ4v) is 3.73. The van der Waals surface area contributed by atoms with E-state index >= 15 is 0 Å². The van der Waals surface area contributed by atoms with E-state index in [0.717, 1.165) is 18.2 Å².